The van der Waals surface area contributed by atoms with Crippen molar-refractivity contribution in [1.82, 2.24) is 5.32 Å². The number of nitrogens with one attached hydrogen (secondary N) is 1. The van der Waals surface area contributed by atoms with Crippen LogP contribution in [0.4, 0.5) is 0 Å². The van der Waals surface area contributed by atoms with Crippen molar-refractivity contribution in [3.63, 3.8) is 0 Å². The first-order chi connectivity index (χ1) is 8.85. The molecule has 0 radical (unpaired) electrons. The Morgan fingerprint density at radius 3 is 2.53 bits per heavy atom. The molecule has 2 nitrogen and oxygen atoms in total. The quantitative estimate of drug-likeness (QED) is 0.740. The van der Waals surface area contributed by atoms with E-state index in [1.807, 2.05) is 0 Å². The summed E-state index contributed by atoms with van der Waals surface area (Å²) in [6, 6.07) is 6.85. The van der Waals surface area contributed by atoms with Gasteiger partial charge < -0.3 is 11.1 Å². The number of hydrogen-bond acceptors (Lipinski definition) is 2. The fourth-order valence-corrected chi connectivity index (χ4v) is 2.04. The molecule has 0 fully saturated rings. The van der Waals surface area contributed by atoms with Crippen LogP contribution in [0, 0.1) is 12.3 Å². The number of hydrogen-bond donors (Lipinski definition) is 2. The van der Waals surface area contributed by atoms with E-state index in [9.17, 15) is 0 Å². The number of nitrogens with two attached hydrogens (primary N) is 1. The highest BCUT2D eigenvalue weighted by atomic mass is 14.9. The van der Waals surface area contributed by atoms with Gasteiger partial charge in [-0.2, -0.15) is 0 Å². The molecule has 1 aromatic rings. The minimum Gasteiger partial charge on any atom is -0.330 e. The number of aryl methyl sites for hydroxylation is 1. The minimum absolute atomic E-state index is 0.189. The van der Waals surface area contributed by atoms with Gasteiger partial charge in [-0.1, -0.05) is 45.9 Å². The van der Waals surface area contributed by atoms with Crippen LogP contribution in [0.5, 0.6) is 0 Å². The summed E-state index contributed by atoms with van der Waals surface area (Å²) in [4.78, 5) is 0. The zero-order chi connectivity index (χ0) is 14.5. The SMILES string of the molecule is Cc1ccc(C(C)C)cc1CCNCC(C)(C)CN. The first-order valence-electron chi connectivity index (χ1n) is 7.36. The van der Waals surface area contributed by atoms with Crippen LogP contribution in [0.3, 0.4) is 0 Å². The largest absolute Gasteiger partial charge is 0.330 e. The van der Waals surface area contributed by atoms with Crippen molar-refractivity contribution >= 4 is 0 Å². The Hall–Kier alpha value is -0.860. The minimum atomic E-state index is 0.189. The van der Waals surface area contributed by atoms with E-state index in [1.54, 1.807) is 0 Å². The second kappa shape index (κ2) is 7.06. The predicted octanol–water partition coefficient (Wildman–Crippen LogP) is 3.24. The van der Waals surface area contributed by atoms with Crippen LogP contribution >= 0.6 is 0 Å². The van der Waals surface area contributed by atoms with Gasteiger partial charge in [-0.3, -0.25) is 0 Å². The first kappa shape index (κ1) is 16.2. The third-order valence-electron chi connectivity index (χ3n) is 3.77. The van der Waals surface area contributed by atoms with Crippen molar-refractivity contribution in [3.8, 4) is 0 Å². The van der Waals surface area contributed by atoms with Gasteiger partial charge in [0.15, 0.2) is 0 Å². The molecule has 2 heteroatoms. The summed E-state index contributed by atoms with van der Waals surface area (Å²) >= 11 is 0. The van der Waals surface area contributed by atoms with Gasteiger partial charge in [-0.25, -0.2) is 0 Å². The molecular weight excluding hydrogens is 232 g/mol. The van der Waals surface area contributed by atoms with Gasteiger partial charge in [0.1, 0.15) is 0 Å². The molecule has 0 spiro atoms. The molecule has 108 valence electrons. The summed E-state index contributed by atoms with van der Waals surface area (Å²) < 4.78 is 0. The van der Waals surface area contributed by atoms with Crippen LogP contribution in [-0.4, -0.2) is 19.6 Å². The van der Waals surface area contributed by atoms with Gasteiger partial charge in [0.2, 0.25) is 0 Å². The zero-order valence-corrected chi connectivity index (χ0v) is 13.2. The van der Waals surface area contributed by atoms with Crippen LogP contribution in [0.25, 0.3) is 0 Å². The van der Waals surface area contributed by atoms with E-state index < -0.39 is 0 Å². The zero-order valence-electron chi connectivity index (χ0n) is 13.2. The summed E-state index contributed by atoms with van der Waals surface area (Å²) in [5.41, 5.74) is 10.2. The van der Waals surface area contributed by atoms with E-state index in [0.29, 0.717) is 5.92 Å². The van der Waals surface area contributed by atoms with Crippen LogP contribution in [0.15, 0.2) is 18.2 Å². The van der Waals surface area contributed by atoms with Crippen LogP contribution in [0.2, 0.25) is 0 Å². The molecule has 0 atom stereocenters. The molecule has 19 heavy (non-hydrogen) atoms. The summed E-state index contributed by atoms with van der Waals surface area (Å²) in [6.07, 6.45) is 1.09. The molecule has 0 saturated carbocycles. The second-order valence-corrected chi connectivity index (χ2v) is 6.64. The van der Waals surface area contributed by atoms with E-state index in [2.05, 4.69) is 58.1 Å². The van der Waals surface area contributed by atoms with Gasteiger partial charge in [0.25, 0.3) is 0 Å². The Kier molecular flexibility index (Phi) is 6.02. The van der Waals surface area contributed by atoms with Gasteiger partial charge >= 0.3 is 0 Å². The Balaban J connectivity index is 2.51. The third kappa shape index (κ3) is 5.33. The maximum Gasteiger partial charge on any atom is 0.00147 e. The highest BCUT2D eigenvalue weighted by molar-refractivity contribution is 5.32. The van der Waals surface area contributed by atoms with Crippen molar-refractivity contribution in [3.05, 3.63) is 34.9 Å². The molecule has 0 unspecified atom stereocenters. The van der Waals surface area contributed by atoms with Crippen molar-refractivity contribution in [2.24, 2.45) is 11.1 Å². The van der Waals surface area contributed by atoms with E-state index in [-0.39, 0.29) is 5.41 Å². The Morgan fingerprint density at radius 1 is 1.26 bits per heavy atom. The summed E-state index contributed by atoms with van der Waals surface area (Å²) in [5.74, 6) is 0.600. The normalized spacial score (nSPS) is 12.2. The standard InChI is InChI=1S/C17H30N2/c1-13(2)15-7-6-14(3)16(10-15)8-9-19-12-17(4,5)11-18/h6-7,10,13,19H,8-9,11-12,18H2,1-5H3. The smallest absolute Gasteiger partial charge is 0.00147 e. The lowest BCUT2D eigenvalue weighted by atomic mass is 9.93. The van der Waals surface area contributed by atoms with Crippen molar-refractivity contribution < 1.29 is 0 Å². The lowest BCUT2D eigenvalue weighted by Gasteiger charge is -2.22. The molecule has 3 N–H and O–H groups in total. The van der Waals surface area contributed by atoms with Gasteiger partial charge in [0.05, 0.1) is 0 Å². The molecule has 0 aliphatic rings. The molecular formula is C17H30N2. The monoisotopic (exact) mass is 262 g/mol. The molecule has 0 aliphatic carbocycles. The topological polar surface area (TPSA) is 38.0 Å². The molecule has 0 aliphatic heterocycles. The van der Waals surface area contributed by atoms with Crippen molar-refractivity contribution in [2.45, 2.75) is 47.0 Å². The van der Waals surface area contributed by atoms with Crippen LogP contribution in [-0.2, 0) is 6.42 Å². The summed E-state index contributed by atoms with van der Waals surface area (Å²) in [6.45, 7) is 13.8. The van der Waals surface area contributed by atoms with Gasteiger partial charge in [0, 0.05) is 6.54 Å². The van der Waals surface area contributed by atoms with E-state index in [0.717, 1.165) is 26.1 Å². The molecule has 0 aromatic heterocycles. The summed E-state index contributed by atoms with van der Waals surface area (Å²) in [7, 11) is 0. The molecule has 0 heterocycles. The predicted molar refractivity (Wildman–Crippen MR) is 84.7 cm³/mol. The van der Waals surface area contributed by atoms with E-state index >= 15 is 0 Å². The Morgan fingerprint density at radius 2 is 1.95 bits per heavy atom. The molecule has 1 rings (SSSR count). The van der Waals surface area contributed by atoms with E-state index in [4.69, 9.17) is 5.73 Å². The Labute approximate surface area is 118 Å². The lowest BCUT2D eigenvalue weighted by Crippen LogP contribution is -2.36. The number of rotatable bonds is 7. The van der Waals surface area contributed by atoms with Crippen molar-refractivity contribution in [1.29, 1.82) is 0 Å². The van der Waals surface area contributed by atoms with Gasteiger partial charge in [-0.15, -0.1) is 0 Å². The van der Waals surface area contributed by atoms with Crippen LogP contribution < -0.4 is 11.1 Å². The number of benzene rings is 1. The Bertz CT molecular complexity index is 394. The average Bonchev–Trinajstić information content (AvgIpc) is 2.36. The summed E-state index contributed by atoms with van der Waals surface area (Å²) in [5, 5.41) is 3.52. The maximum atomic E-state index is 5.74. The van der Waals surface area contributed by atoms with E-state index in [1.165, 1.54) is 16.7 Å². The maximum absolute atomic E-state index is 5.74. The fourth-order valence-electron chi connectivity index (χ4n) is 2.04. The first-order valence-corrected chi connectivity index (χ1v) is 7.36. The average molecular weight is 262 g/mol. The molecule has 0 bridgehead atoms. The van der Waals surface area contributed by atoms with Crippen LogP contribution in [0.1, 0.15) is 50.3 Å². The third-order valence-corrected chi connectivity index (χ3v) is 3.77. The van der Waals surface area contributed by atoms with Crippen molar-refractivity contribution in [2.75, 3.05) is 19.6 Å². The second-order valence-electron chi connectivity index (χ2n) is 6.64. The van der Waals surface area contributed by atoms with Gasteiger partial charge in [-0.05, 0) is 54.5 Å². The fraction of sp³-hybridized carbons (Fsp3) is 0.647. The highest BCUT2D eigenvalue weighted by Crippen LogP contribution is 2.19. The molecule has 0 saturated heterocycles. The molecule has 1 aromatic carbocycles. The highest BCUT2D eigenvalue weighted by Gasteiger charge is 2.14. The molecule has 0 amide bonds. The lowest BCUT2D eigenvalue weighted by molar-refractivity contribution is 0.353.